The van der Waals surface area contributed by atoms with Gasteiger partial charge in [0.25, 0.3) is 0 Å². The first kappa shape index (κ1) is 18.3. The largest absolute Gasteiger partial charge is 0.493 e. The summed E-state index contributed by atoms with van der Waals surface area (Å²) in [7, 11) is 1.50. The molecular formula is C16H22ClNO4. The van der Waals surface area contributed by atoms with Crippen LogP contribution in [0, 0.1) is 0 Å². The third kappa shape index (κ3) is 4.91. The molecule has 0 spiro atoms. The molecule has 1 unspecified atom stereocenters. The number of likely N-dealkylation sites (N-methyl/N-ethyl adjacent to an activating group) is 1. The molecule has 1 aromatic carbocycles. The average Bonchev–Trinajstić information content (AvgIpc) is 2.40. The van der Waals surface area contributed by atoms with Gasteiger partial charge in [-0.3, -0.25) is 4.90 Å². The Kier molecular flexibility index (Phi) is 6.23. The number of carbonyl (C=O) groups is 2. The van der Waals surface area contributed by atoms with E-state index < -0.39 is 17.7 Å². The predicted octanol–water partition coefficient (Wildman–Crippen LogP) is 3.85. The summed E-state index contributed by atoms with van der Waals surface area (Å²) in [4.78, 5) is 24.9. The van der Waals surface area contributed by atoms with Gasteiger partial charge in [0.1, 0.15) is 23.7 Å². The van der Waals surface area contributed by atoms with Crippen LogP contribution < -0.4 is 4.74 Å². The van der Waals surface area contributed by atoms with Gasteiger partial charge in [0.05, 0.1) is 6.61 Å². The minimum absolute atomic E-state index is 0.441. The number of ether oxygens (including phenoxy) is 2. The van der Waals surface area contributed by atoms with Crippen molar-refractivity contribution < 1.29 is 19.1 Å². The number of rotatable bonds is 5. The number of nitrogens with zero attached hydrogens (tertiary/aromatic N) is 1. The van der Waals surface area contributed by atoms with Gasteiger partial charge in [0, 0.05) is 17.6 Å². The van der Waals surface area contributed by atoms with E-state index in [4.69, 9.17) is 21.1 Å². The van der Waals surface area contributed by atoms with Gasteiger partial charge in [-0.15, -0.1) is 0 Å². The molecule has 0 saturated heterocycles. The molecule has 122 valence electrons. The van der Waals surface area contributed by atoms with Crippen LogP contribution in [0.15, 0.2) is 18.2 Å². The molecule has 6 heteroatoms. The zero-order valence-electron chi connectivity index (χ0n) is 13.6. The van der Waals surface area contributed by atoms with Crippen molar-refractivity contribution in [2.24, 2.45) is 0 Å². The van der Waals surface area contributed by atoms with Crippen LogP contribution in [0.5, 0.6) is 5.75 Å². The first-order chi connectivity index (χ1) is 10.2. The molecule has 0 aromatic heterocycles. The van der Waals surface area contributed by atoms with Crippen LogP contribution in [0.4, 0.5) is 4.79 Å². The Morgan fingerprint density at radius 1 is 1.41 bits per heavy atom. The van der Waals surface area contributed by atoms with Gasteiger partial charge in [0.15, 0.2) is 0 Å². The number of carbonyl (C=O) groups excluding carboxylic acids is 2. The first-order valence-corrected chi connectivity index (χ1v) is 7.40. The van der Waals surface area contributed by atoms with Gasteiger partial charge in [-0.1, -0.05) is 11.6 Å². The molecule has 0 aliphatic carbocycles. The lowest BCUT2D eigenvalue weighted by Gasteiger charge is -2.29. The zero-order chi connectivity index (χ0) is 16.9. The Hall–Kier alpha value is -1.75. The Morgan fingerprint density at radius 2 is 2.05 bits per heavy atom. The summed E-state index contributed by atoms with van der Waals surface area (Å²) in [5.74, 6) is 0.513. The fraction of sp³-hybridized carbons (Fsp3) is 0.500. The standard InChI is InChI=1S/C16H22ClNO4/c1-6-21-14-8-7-11(17)9-12(14)13(10-19)18(5)15(20)22-16(2,3)4/h7-10,13H,6H2,1-5H3. The number of hydrogen-bond acceptors (Lipinski definition) is 4. The van der Waals surface area contributed by atoms with Gasteiger partial charge in [0.2, 0.25) is 0 Å². The number of amides is 1. The molecule has 22 heavy (non-hydrogen) atoms. The van der Waals surface area contributed by atoms with E-state index in [2.05, 4.69) is 0 Å². The molecule has 5 nitrogen and oxygen atoms in total. The molecular weight excluding hydrogens is 306 g/mol. The molecule has 0 heterocycles. The summed E-state index contributed by atoms with van der Waals surface area (Å²) in [6.45, 7) is 7.57. The maximum Gasteiger partial charge on any atom is 0.410 e. The van der Waals surface area contributed by atoms with Gasteiger partial charge < -0.3 is 14.3 Å². The van der Waals surface area contributed by atoms with Crippen LogP contribution >= 0.6 is 11.6 Å². The van der Waals surface area contributed by atoms with Crippen molar-refractivity contribution in [2.45, 2.75) is 39.3 Å². The van der Waals surface area contributed by atoms with Crippen LogP contribution in [-0.2, 0) is 9.53 Å². The Balaban J connectivity index is 3.12. The first-order valence-electron chi connectivity index (χ1n) is 7.03. The zero-order valence-corrected chi connectivity index (χ0v) is 14.3. The summed E-state index contributed by atoms with van der Waals surface area (Å²) in [5, 5.41) is 0.461. The Bertz CT molecular complexity index is 539. The smallest absolute Gasteiger partial charge is 0.410 e. The molecule has 0 aliphatic rings. The second-order valence-corrected chi connectivity index (χ2v) is 6.22. The van der Waals surface area contributed by atoms with E-state index in [0.29, 0.717) is 29.2 Å². The van der Waals surface area contributed by atoms with E-state index in [1.54, 1.807) is 39.0 Å². The van der Waals surface area contributed by atoms with E-state index in [1.165, 1.54) is 11.9 Å². The monoisotopic (exact) mass is 327 g/mol. The summed E-state index contributed by atoms with van der Waals surface area (Å²) < 4.78 is 10.8. The highest BCUT2D eigenvalue weighted by Crippen LogP contribution is 2.31. The van der Waals surface area contributed by atoms with Crippen molar-refractivity contribution in [2.75, 3.05) is 13.7 Å². The summed E-state index contributed by atoms with van der Waals surface area (Å²) in [5.41, 5.74) is -0.117. The maximum atomic E-state index is 12.2. The van der Waals surface area contributed by atoms with Crippen LogP contribution in [0.1, 0.15) is 39.3 Å². The van der Waals surface area contributed by atoms with Gasteiger partial charge in [-0.05, 0) is 45.9 Å². The fourth-order valence-corrected chi connectivity index (χ4v) is 2.04. The van der Waals surface area contributed by atoms with Crippen molar-refractivity contribution in [3.8, 4) is 5.75 Å². The van der Waals surface area contributed by atoms with Crippen molar-refractivity contribution >= 4 is 24.0 Å². The highest BCUT2D eigenvalue weighted by atomic mass is 35.5. The number of benzene rings is 1. The van der Waals surface area contributed by atoms with E-state index in [9.17, 15) is 9.59 Å². The average molecular weight is 328 g/mol. The van der Waals surface area contributed by atoms with Gasteiger partial charge >= 0.3 is 6.09 Å². The van der Waals surface area contributed by atoms with Crippen molar-refractivity contribution in [1.82, 2.24) is 4.90 Å². The lowest BCUT2D eigenvalue weighted by atomic mass is 10.1. The second kappa shape index (κ2) is 7.49. The van der Waals surface area contributed by atoms with Crippen molar-refractivity contribution in [3.63, 3.8) is 0 Å². The molecule has 0 saturated carbocycles. The van der Waals surface area contributed by atoms with Gasteiger partial charge in [-0.2, -0.15) is 0 Å². The van der Waals surface area contributed by atoms with E-state index >= 15 is 0 Å². The molecule has 0 aliphatic heterocycles. The topological polar surface area (TPSA) is 55.8 Å². The lowest BCUT2D eigenvalue weighted by Crippen LogP contribution is -2.37. The summed E-state index contributed by atoms with van der Waals surface area (Å²) in [6, 6.07) is 4.13. The summed E-state index contributed by atoms with van der Waals surface area (Å²) in [6.07, 6.45) is 0.0741. The van der Waals surface area contributed by atoms with Crippen LogP contribution in [0.3, 0.4) is 0 Å². The lowest BCUT2D eigenvalue weighted by molar-refractivity contribution is -0.112. The molecule has 1 amide bonds. The van der Waals surface area contributed by atoms with Crippen LogP contribution in [-0.4, -0.2) is 36.5 Å². The third-order valence-electron chi connectivity index (χ3n) is 2.82. The van der Waals surface area contributed by atoms with Gasteiger partial charge in [-0.25, -0.2) is 4.79 Å². The minimum Gasteiger partial charge on any atom is -0.493 e. The Morgan fingerprint density at radius 3 is 2.55 bits per heavy atom. The van der Waals surface area contributed by atoms with E-state index in [1.807, 2.05) is 6.92 Å². The van der Waals surface area contributed by atoms with E-state index in [0.717, 1.165) is 0 Å². The molecule has 1 aromatic rings. The SMILES string of the molecule is CCOc1ccc(Cl)cc1C(C=O)N(C)C(=O)OC(C)(C)C. The highest BCUT2D eigenvalue weighted by molar-refractivity contribution is 6.30. The molecule has 0 N–H and O–H groups in total. The third-order valence-corrected chi connectivity index (χ3v) is 3.05. The van der Waals surface area contributed by atoms with Crippen LogP contribution in [0.2, 0.25) is 5.02 Å². The Labute approximate surface area is 136 Å². The maximum absolute atomic E-state index is 12.2. The molecule has 1 atom stereocenters. The molecule has 0 fully saturated rings. The van der Waals surface area contributed by atoms with Crippen molar-refractivity contribution in [3.05, 3.63) is 28.8 Å². The second-order valence-electron chi connectivity index (χ2n) is 5.79. The number of hydrogen-bond donors (Lipinski definition) is 0. The normalized spacial score (nSPS) is 12.5. The molecule has 1 rings (SSSR count). The number of aldehydes is 1. The summed E-state index contributed by atoms with van der Waals surface area (Å²) >= 11 is 6.00. The van der Waals surface area contributed by atoms with Crippen LogP contribution in [0.25, 0.3) is 0 Å². The molecule has 0 bridgehead atoms. The molecule has 0 radical (unpaired) electrons. The predicted molar refractivity (Wildman–Crippen MR) is 85.4 cm³/mol. The van der Waals surface area contributed by atoms with E-state index in [-0.39, 0.29) is 0 Å². The number of halogens is 1. The fourth-order valence-electron chi connectivity index (χ4n) is 1.86. The quantitative estimate of drug-likeness (QED) is 0.771. The van der Waals surface area contributed by atoms with Crippen molar-refractivity contribution in [1.29, 1.82) is 0 Å². The minimum atomic E-state index is -0.838. The highest BCUT2D eigenvalue weighted by Gasteiger charge is 2.28.